The summed E-state index contributed by atoms with van der Waals surface area (Å²) in [6.07, 6.45) is 0. The molecular formula is C24H25N3O3. The summed E-state index contributed by atoms with van der Waals surface area (Å²) in [5.41, 5.74) is 4.69. The molecule has 0 unspecified atom stereocenters. The van der Waals surface area contributed by atoms with Crippen molar-refractivity contribution in [2.24, 2.45) is 0 Å². The fourth-order valence-electron chi connectivity index (χ4n) is 3.75. The van der Waals surface area contributed by atoms with Crippen molar-refractivity contribution in [2.75, 3.05) is 37.7 Å². The number of anilines is 1. The summed E-state index contributed by atoms with van der Waals surface area (Å²) in [7, 11) is 0. The summed E-state index contributed by atoms with van der Waals surface area (Å²) in [4.78, 5) is 33.2. The van der Waals surface area contributed by atoms with Gasteiger partial charge < -0.3 is 14.5 Å². The van der Waals surface area contributed by atoms with Crippen LogP contribution in [0.2, 0.25) is 0 Å². The zero-order chi connectivity index (χ0) is 21.1. The number of hydrogen-bond acceptors (Lipinski definition) is 5. The number of piperazine rings is 1. The Kier molecular flexibility index (Phi) is 5.65. The smallest absolute Gasteiger partial charge is 0.357 e. The molecule has 0 N–H and O–H groups in total. The van der Waals surface area contributed by atoms with Crippen molar-refractivity contribution in [1.29, 1.82) is 0 Å². The van der Waals surface area contributed by atoms with E-state index in [2.05, 4.69) is 41.9 Å². The molecule has 30 heavy (non-hydrogen) atoms. The number of aryl methyl sites for hydroxylation is 1. The molecule has 2 heterocycles. The number of para-hydroxylation sites is 1. The third-order valence-corrected chi connectivity index (χ3v) is 5.68. The SMILES string of the molecule is Cc1cccc(N2CCN(C(=O)COC(=O)c3ccc4ccccc4n3)CC2)c1C. The molecule has 1 aliphatic heterocycles. The second-order valence-electron chi connectivity index (χ2n) is 7.55. The molecule has 1 aromatic heterocycles. The third-order valence-electron chi connectivity index (χ3n) is 5.68. The average molecular weight is 403 g/mol. The Morgan fingerprint density at radius 1 is 0.933 bits per heavy atom. The summed E-state index contributed by atoms with van der Waals surface area (Å²) in [5.74, 6) is -0.757. The number of amides is 1. The van der Waals surface area contributed by atoms with Gasteiger partial charge in [-0.2, -0.15) is 0 Å². The highest BCUT2D eigenvalue weighted by Crippen LogP contribution is 2.24. The van der Waals surface area contributed by atoms with Gasteiger partial charge in [0.05, 0.1) is 5.52 Å². The topological polar surface area (TPSA) is 62.7 Å². The minimum absolute atomic E-state index is 0.176. The van der Waals surface area contributed by atoms with Gasteiger partial charge in [-0.25, -0.2) is 9.78 Å². The molecule has 1 saturated heterocycles. The highest BCUT2D eigenvalue weighted by Gasteiger charge is 2.23. The van der Waals surface area contributed by atoms with Gasteiger partial charge in [0.15, 0.2) is 6.61 Å². The largest absolute Gasteiger partial charge is 0.451 e. The van der Waals surface area contributed by atoms with E-state index >= 15 is 0 Å². The molecule has 0 aliphatic carbocycles. The van der Waals surface area contributed by atoms with E-state index in [4.69, 9.17) is 4.74 Å². The van der Waals surface area contributed by atoms with Crippen molar-refractivity contribution >= 4 is 28.5 Å². The first kappa shape index (κ1) is 19.9. The lowest BCUT2D eigenvalue weighted by molar-refractivity contribution is -0.134. The van der Waals surface area contributed by atoms with Crippen LogP contribution in [0.3, 0.4) is 0 Å². The maximum atomic E-state index is 12.5. The maximum absolute atomic E-state index is 12.5. The first-order chi connectivity index (χ1) is 14.5. The molecule has 3 aromatic rings. The van der Waals surface area contributed by atoms with Crippen molar-refractivity contribution in [3.63, 3.8) is 0 Å². The third kappa shape index (κ3) is 4.13. The normalized spacial score (nSPS) is 14.1. The zero-order valence-electron chi connectivity index (χ0n) is 17.3. The fourth-order valence-corrected chi connectivity index (χ4v) is 3.75. The molecular weight excluding hydrogens is 378 g/mol. The van der Waals surface area contributed by atoms with E-state index in [-0.39, 0.29) is 18.2 Å². The van der Waals surface area contributed by atoms with Crippen LogP contribution in [0, 0.1) is 13.8 Å². The summed E-state index contributed by atoms with van der Waals surface area (Å²) < 4.78 is 5.23. The molecule has 0 spiro atoms. The Morgan fingerprint density at radius 2 is 1.70 bits per heavy atom. The Balaban J connectivity index is 1.31. The predicted octanol–water partition coefficient (Wildman–Crippen LogP) is 3.36. The van der Waals surface area contributed by atoms with Crippen LogP contribution in [0.1, 0.15) is 21.6 Å². The number of benzene rings is 2. The lowest BCUT2D eigenvalue weighted by Gasteiger charge is -2.37. The first-order valence-corrected chi connectivity index (χ1v) is 10.1. The molecule has 2 aromatic carbocycles. The maximum Gasteiger partial charge on any atom is 0.357 e. The van der Waals surface area contributed by atoms with Gasteiger partial charge in [0.2, 0.25) is 0 Å². The fraction of sp³-hybridized carbons (Fsp3) is 0.292. The molecule has 4 rings (SSSR count). The molecule has 0 saturated carbocycles. The molecule has 1 aliphatic rings. The standard InChI is InChI=1S/C24H25N3O3/c1-17-6-5-9-22(18(17)2)26-12-14-27(15-13-26)23(28)16-30-24(29)21-11-10-19-7-3-4-8-20(19)25-21/h3-11H,12-16H2,1-2H3. The van der Waals surface area contributed by atoms with Crippen LogP contribution in [0.15, 0.2) is 54.6 Å². The van der Waals surface area contributed by atoms with E-state index in [1.54, 1.807) is 11.0 Å². The van der Waals surface area contributed by atoms with Gasteiger partial charge in [-0.15, -0.1) is 0 Å². The van der Waals surface area contributed by atoms with Gasteiger partial charge in [0.25, 0.3) is 5.91 Å². The molecule has 6 nitrogen and oxygen atoms in total. The van der Waals surface area contributed by atoms with Crippen LogP contribution < -0.4 is 4.90 Å². The number of hydrogen-bond donors (Lipinski definition) is 0. The van der Waals surface area contributed by atoms with Crippen LogP contribution in [-0.2, 0) is 9.53 Å². The monoisotopic (exact) mass is 403 g/mol. The van der Waals surface area contributed by atoms with Crippen molar-refractivity contribution in [2.45, 2.75) is 13.8 Å². The van der Waals surface area contributed by atoms with Crippen LogP contribution in [0.4, 0.5) is 5.69 Å². The number of esters is 1. The Hall–Kier alpha value is -3.41. The minimum atomic E-state index is -0.580. The molecule has 1 fully saturated rings. The highest BCUT2D eigenvalue weighted by molar-refractivity contribution is 5.92. The predicted molar refractivity (Wildman–Crippen MR) is 117 cm³/mol. The highest BCUT2D eigenvalue weighted by atomic mass is 16.5. The van der Waals surface area contributed by atoms with E-state index in [0.29, 0.717) is 13.1 Å². The van der Waals surface area contributed by atoms with Gasteiger partial charge >= 0.3 is 5.97 Å². The number of rotatable bonds is 4. The van der Waals surface area contributed by atoms with Gasteiger partial charge in [0, 0.05) is 37.3 Å². The lowest BCUT2D eigenvalue weighted by Crippen LogP contribution is -2.50. The van der Waals surface area contributed by atoms with Gasteiger partial charge in [-0.1, -0.05) is 36.4 Å². The number of carbonyl (C=O) groups excluding carboxylic acids is 2. The van der Waals surface area contributed by atoms with Crippen LogP contribution in [0.25, 0.3) is 10.9 Å². The summed E-state index contributed by atoms with van der Waals surface area (Å²) >= 11 is 0. The van der Waals surface area contributed by atoms with Crippen LogP contribution >= 0.6 is 0 Å². The molecule has 6 heteroatoms. The van der Waals surface area contributed by atoms with Crippen LogP contribution in [-0.4, -0.2) is 54.5 Å². The zero-order valence-corrected chi connectivity index (χ0v) is 17.3. The second-order valence-corrected chi connectivity index (χ2v) is 7.55. The van der Waals surface area contributed by atoms with E-state index in [1.165, 1.54) is 16.8 Å². The molecule has 154 valence electrons. The molecule has 1 amide bonds. The Bertz CT molecular complexity index is 1090. The van der Waals surface area contributed by atoms with Crippen molar-refractivity contribution < 1.29 is 14.3 Å². The second kappa shape index (κ2) is 8.53. The van der Waals surface area contributed by atoms with Crippen molar-refractivity contribution in [1.82, 2.24) is 9.88 Å². The van der Waals surface area contributed by atoms with E-state index in [9.17, 15) is 9.59 Å². The lowest BCUT2D eigenvalue weighted by atomic mass is 10.1. The number of nitrogens with zero attached hydrogens (tertiary/aromatic N) is 3. The summed E-state index contributed by atoms with van der Waals surface area (Å²) in [6.45, 7) is 6.71. The Morgan fingerprint density at radius 3 is 2.50 bits per heavy atom. The van der Waals surface area contributed by atoms with E-state index in [0.717, 1.165) is 24.0 Å². The number of carbonyl (C=O) groups is 2. The summed E-state index contributed by atoms with van der Waals surface area (Å²) in [6, 6.07) is 17.3. The van der Waals surface area contributed by atoms with E-state index in [1.807, 2.05) is 30.3 Å². The quantitative estimate of drug-likeness (QED) is 0.625. The minimum Gasteiger partial charge on any atom is -0.451 e. The molecule has 0 atom stereocenters. The van der Waals surface area contributed by atoms with Gasteiger partial charge in [-0.3, -0.25) is 4.79 Å². The summed E-state index contributed by atoms with van der Waals surface area (Å²) in [5, 5.41) is 0.951. The number of aromatic nitrogens is 1. The number of ether oxygens (including phenoxy) is 1. The first-order valence-electron chi connectivity index (χ1n) is 10.1. The van der Waals surface area contributed by atoms with Crippen molar-refractivity contribution in [3.8, 4) is 0 Å². The van der Waals surface area contributed by atoms with Crippen molar-refractivity contribution in [3.05, 3.63) is 71.4 Å². The number of pyridine rings is 1. The molecule has 0 radical (unpaired) electrons. The van der Waals surface area contributed by atoms with E-state index < -0.39 is 5.97 Å². The number of fused-ring (bicyclic) bond motifs is 1. The molecule has 0 bridgehead atoms. The van der Waals surface area contributed by atoms with Crippen LogP contribution in [0.5, 0.6) is 0 Å². The van der Waals surface area contributed by atoms with Gasteiger partial charge in [0.1, 0.15) is 5.69 Å². The van der Waals surface area contributed by atoms with Gasteiger partial charge in [-0.05, 0) is 43.2 Å². The Labute approximate surface area is 176 Å². The average Bonchev–Trinajstić information content (AvgIpc) is 2.79.